The maximum Gasteiger partial charge on any atom is 0.289 e. The van der Waals surface area contributed by atoms with E-state index in [4.69, 9.17) is 0 Å². The quantitative estimate of drug-likeness (QED) is 0.278. The first kappa shape index (κ1) is 19.7. The van der Waals surface area contributed by atoms with Crippen molar-refractivity contribution in [3.05, 3.63) is 106 Å². The van der Waals surface area contributed by atoms with Gasteiger partial charge < -0.3 is 0 Å². The number of rotatable bonds is 6. The third-order valence-corrected chi connectivity index (χ3v) is 4.59. The Morgan fingerprint density at radius 2 is 1.58 bits per heavy atom. The molecule has 2 N–H and O–H groups in total. The Kier molecular flexibility index (Phi) is 5.62. The van der Waals surface area contributed by atoms with Gasteiger partial charge in [0.25, 0.3) is 11.6 Å². The molecule has 8 nitrogen and oxygen atoms in total. The zero-order valence-corrected chi connectivity index (χ0v) is 16.2. The number of amides is 1. The van der Waals surface area contributed by atoms with Crippen LogP contribution in [-0.4, -0.2) is 27.2 Å². The molecule has 0 spiro atoms. The minimum absolute atomic E-state index is 0.0111. The summed E-state index contributed by atoms with van der Waals surface area (Å²) < 4.78 is 0. The smallest absolute Gasteiger partial charge is 0.272 e. The van der Waals surface area contributed by atoms with Crippen LogP contribution in [0.15, 0.2) is 90.0 Å². The molecule has 31 heavy (non-hydrogen) atoms. The lowest BCUT2D eigenvalue weighted by Crippen LogP contribution is -2.17. The average molecular weight is 411 g/mol. The number of nitro groups is 1. The molecule has 0 bridgehead atoms. The number of aromatic amines is 1. The van der Waals surface area contributed by atoms with Crippen LogP contribution in [0.1, 0.15) is 16.1 Å². The molecule has 0 saturated carbocycles. The molecule has 1 amide bonds. The fraction of sp³-hybridized carbons (Fsp3) is 0. The van der Waals surface area contributed by atoms with Crippen molar-refractivity contribution in [3.8, 4) is 22.4 Å². The number of aromatic nitrogens is 2. The molecule has 1 heterocycles. The Labute approximate surface area is 177 Å². The Morgan fingerprint density at radius 3 is 2.26 bits per heavy atom. The topological polar surface area (TPSA) is 113 Å². The third kappa shape index (κ3) is 4.70. The first-order valence-corrected chi connectivity index (χ1v) is 9.39. The van der Waals surface area contributed by atoms with Gasteiger partial charge >= 0.3 is 0 Å². The molecule has 152 valence electrons. The lowest BCUT2D eigenvalue weighted by molar-refractivity contribution is -0.384. The van der Waals surface area contributed by atoms with Gasteiger partial charge in [0.1, 0.15) is 5.69 Å². The number of benzene rings is 3. The van der Waals surface area contributed by atoms with Gasteiger partial charge in [0.2, 0.25) is 0 Å². The summed E-state index contributed by atoms with van der Waals surface area (Å²) >= 11 is 0. The van der Waals surface area contributed by atoms with Crippen molar-refractivity contribution in [3.63, 3.8) is 0 Å². The number of nitro benzene ring substituents is 1. The predicted molar refractivity (Wildman–Crippen MR) is 118 cm³/mol. The number of carbonyl (C=O) groups excluding carboxylic acids is 1. The van der Waals surface area contributed by atoms with Crippen LogP contribution < -0.4 is 5.43 Å². The molecule has 0 fully saturated rings. The van der Waals surface area contributed by atoms with E-state index in [-0.39, 0.29) is 11.4 Å². The normalized spacial score (nSPS) is 10.8. The van der Waals surface area contributed by atoms with Crippen LogP contribution in [0.3, 0.4) is 0 Å². The number of H-pyrrole nitrogens is 1. The summed E-state index contributed by atoms with van der Waals surface area (Å²) in [6, 6.07) is 25.4. The molecule has 1 aromatic heterocycles. The van der Waals surface area contributed by atoms with Gasteiger partial charge in [-0.25, -0.2) is 5.43 Å². The van der Waals surface area contributed by atoms with Crippen molar-refractivity contribution in [1.29, 1.82) is 0 Å². The number of hydrogen-bond acceptors (Lipinski definition) is 5. The molecule has 0 aliphatic heterocycles. The second-order valence-corrected chi connectivity index (χ2v) is 6.66. The van der Waals surface area contributed by atoms with E-state index < -0.39 is 10.8 Å². The van der Waals surface area contributed by atoms with E-state index >= 15 is 0 Å². The minimum atomic E-state index is -0.478. The summed E-state index contributed by atoms with van der Waals surface area (Å²) in [6.45, 7) is 0. The van der Waals surface area contributed by atoms with E-state index in [2.05, 4.69) is 20.7 Å². The Bertz CT molecular complexity index is 1230. The highest BCUT2D eigenvalue weighted by Gasteiger charge is 2.11. The number of hydrogen-bond donors (Lipinski definition) is 2. The molecule has 4 aromatic rings. The molecular formula is C23H17N5O3. The second-order valence-electron chi connectivity index (χ2n) is 6.66. The van der Waals surface area contributed by atoms with Gasteiger partial charge in [-0.15, -0.1) is 0 Å². The predicted octanol–water partition coefficient (Wildman–Crippen LogP) is 4.42. The highest BCUT2D eigenvalue weighted by atomic mass is 16.6. The monoisotopic (exact) mass is 411 g/mol. The zero-order chi connectivity index (χ0) is 21.6. The summed E-state index contributed by atoms with van der Waals surface area (Å²) in [5.74, 6) is -0.446. The number of nitrogens with one attached hydrogen (secondary N) is 2. The number of non-ortho nitro benzene ring substituents is 1. The molecule has 3 aromatic carbocycles. The first-order chi connectivity index (χ1) is 15.1. The molecule has 4 rings (SSSR count). The van der Waals surface area contributed by atoms with Gasteiger partial charge in [0, 0.05) is 17.7 Å². The van der Waals surface area contributed by atoms with Gasteiger partial charge in [-0.05, 0) is 34.9 Å². The average Bonchev–Trinajstić information content (AvgIpc) is 3.31. The maximum atomic E-state index is 12.3. The van der Waals surface area contributed by atoms with Gasteiger partial charge in [-0.2, -0.15) is 10.2 Å². The third-order valence-electron chi connectivity index (χ3n) is 4.59. The summed E-state index contributed by atoms with van der Waals surface area (Å²) in [7, 11) is 0. The van der Waals surface area contributed by atoms with Gasteiger partial charge in [0.05, 0.1) is 16.8 Å². The van der Waals surface area contributed by atoms with Crippen molar-refractivity contribution < 1.29 is 9.72 Å². The van der Waals surface area contributed by atoms with Crippen molar-refractivity contribution >= 4 is 17.8 Å². The molecule has 0 saturated heterocycles. The van der Waals surface area contributed by atoms with Crippen LogP contribution in [-0.2, 0) is 0 Å². The van der Waals surface area contributed by atoms with E-state index in [1.807, 2.05) is 54.6 Å². The van der Waals surface area contributed by atoms with Crippen molar-refractivity contribution in [2.45, 2.75) is 0 Å². The molecule has 0 aliphatic rings. The van der Waals surface area contributed by atoms with Crippen molar-refractivity contribution in [1.82, 2.24) is 15.6 Å². The van der Waals surface area contributed by atoms with Crippen LogP contribution in [0.2, 0.25) is 0 Å². The maximum absolute atomic E-state index is 12.3. The Balaban J connectivity index is 1.40. The zero-order valence-electron chi connectivity index (χ0n) is 16.2. The standard InChI is InChI=1S/C23H17N5O3/c29-23(27-24-15-16-6-12-20(13-7-16)28(30)31)22-14-21(25-26-22)19-10-8-18(9-11-19)17-4-2-1-3-5-17/h1-15H,(H,25,26)(H,27,29)/b24-15+. The van der Waals surface area contributed by atoms with Crippen molar-refractivity contribution in [2.75, 3.05) is 0 Å². The fourth-order valence-electron chi connectivity index (χ4n) is 2.96. The summed E-state index contributed by atoms with van der Waals surface area (Å²) in [6.07, 6.45) is 1.40. The second kappa shape index (κ2) is 8.83. The van der Waals surface area contributed by atoms with E-state index in [0.717, 1.165) is 16.7 Å². The van der Waals surface area contributed by atoms with Gasteiger partial charge in [-0.3, -0.25) is 20.0 Å². The van der Waals surface area contributed by atoms with Crippen LogP contribution in [0.5, 0.6) is 0 Å². The largest absolute Gasteiger partial charge is 0.289 e. The highest BCUT2D eigenvalue weighted by Crippen LogP contribution is 2.24. The SMILES string of the molecule is O=C(N/N=C/c1ccc([N+](=O)[O-])cc1)c1cc(-c2ccc(-c3ccccc3)cc2)n[nH]1. The van der Waals surface area contributed by atoms with E-state index in [9.17, 15) is 14.9 Å². The fourth-order valence-corrected chi connectivity index (χ4v) is 2.96. The number of carbonyl (C=O) groups is 1. The molecular weight excluding hydrogens is 394 g/mol. The summed E-state index contributed by atoms with van der Waals surface area (Å²) in [5.41, 5.74) is 7.03. The molecule has 0 radical (unpaired) electrons. The molecule has 0 unspecified atom stereocenters. The van der Waals surface area contributed by atoms with E-state index in [1.165, 1.54) is 18.3 Å². The lowest BCUT2D eigenvalue weighted by atomic mass is 10.0. The van der Waals surface area contributed by atoms with Crippen molar-refractivity contribution in [2.24, 2.45) is 5.10 Å². The summed E-state index contributed by atoms with van der Waals surface area (Å²) in [5, 5.41) is 21.5. The highest BCUT2D eigenvalue weighted by molar-refractivity contribution is 5.94. The van der Waals surface area contributed by atoms with Crippen LogP contribution >= 0.6 is 0 Å². The summed E-state index contributed by atoms with van der Waals surface area (Å²) in [4.78, 5) is 22.5. The van der Waals surface area contributed by atoms with E-state index in [1.54, 1.807) is 18.2 Å². The van der Waals surface area contributed by atoms with Crippen LogP contribution in [0.25, 0.3) is 22.4 Å². The van der Waals surface area contributed by atoms with Crippen LogP contribution in [0.4, 0.5) is 5.69 Å². The van der Waals surface area contributed by atoms with Gasteiger partial charge in [-0.1, -0.05) is 54.6 Å². The molecule has 0 atom stereocenters. The number of hydrazone groups is 1. The Hall–Kier alpha value is -4.59. The van der Waals surface area contributed by atoms with Crippen LogP contribution in [0, 0.1) is 10.1 Å². The first-order valence-electron chi connectivity index (χ1n) is 9.39. The number of nitrogens with zero attached hydrogens (tertiary/aromatic N) is 3. The van der Waals surface area contributed by atoms with E-state index in [0.29, 0.717) is 11.3 Å². The molecule has 0 aliphatic carbocycles. The minimum Gasteiger partial charge on any atom is -0.272 e. The van der Waals surface area contributed by atoms with Gasteiger partial charge in [0.15, 0.2) is 0 Å². The molecule has 8 heteroatoms. The Morgan fingerprint density at radius 1 is 0.935 bits per heavy atom. The lowest BCUT2D eigenvalue weighted by Gasteiger charge is -2.02.